The van der Waals surface area contributed by atoms with Gasteiger partial charge in [-0.1, -0.05) is 24.3 Å². The summed E-state index contributed by atoms with van der Waals surface area (Å²) in [7, 11) is 1.54. The molecule has 0 saturated carbocycles. The fourth-order valence-electron chi connectivity index (χ4n) is 1.93. The molecule has 2 aromatic rings. The van der Waals surface area contributed by atoms with Crippen molar-refractivity contribution in [2.75, 3.05) is 12.4 Å². The first-order chi connectivity index (χ1) is 9.61. The van der Waals surface area contributed by atoms with Gasteiger partial charge in [0.25, 0.3) is 5.91 Å². The molecular formula is C16H18N2O2. The summed E-state index contributed by atoms with van der Waals surface area (Å²) < 4.78 is 5.19. The van der Waals surface area contributed by atoms with Crippen LogP contribution in [0.5, 0.6) is 5.75 Å². The van der Waals surface area contributed by atoms with Crippen molar-refractivity contribution in [2.45, 2.75) is 13.0 Å². The Hall–Kier alpha value is -2.33. The molecule has 20 heavy (non-hydrogen) atoms. The van der Waals surface area contributed by atoms with Crippen molar-refractivity contribution in [2.24, 2.45) is 5.73 Å². The fourth-order valence-corrected chi connectivity index (χ4v) is 1.93. The van der Waals surface area contributed by atoms with Gasteiger partial charge in [-0.2, -0.15) is 0 Å². The SMILES string of the molecule is COc1ccccc1C(=O)Nc1cccc(C(C)N)c1. The number of para-hydroxylation sites is 1. The summed E-state index contributed by atoms with van der Waals surface area (Å²) in [5.74, 6) is 0.345. The molecule has 3 N–H and O–H groups in total. The lowest BCUT2D eigenvalue weighted by Crippen LogP contribution is -2.13. The van der Waals surface area contributed by atoms with E-state index in [1.54, 1.807) is 25.3 Å². The first-order valence-electron chi connectivity index (χ1n) is 6.41. The van der Waals surface area contributed by atoms with Crippen LogP contribution in [-0.2, 0) is 0 Å². The van der Waals surface area contributed by atoms with E-state index < -0.39 is 0 Å². The summed E-state index contributed by atoms with van der Waals surface area (Å²) in [4.78, 5) is 12.3. The number of hydrogen-bond acceptors (Lipinski definition) is 3. The maximum absolute atomic E-state index is 12.3. The van der Waals surface area contributed by atoms with Crippen molar-refractivity contribution >= 4 is 11.6 Å². The second-order valence-electron chi connectivity index (χ2n) is 4.57. The largest absolute Gasteiger partial charge is 0.496 e. The summed E-state index contributed by atoms with van der Waals surface area (Å²) in [5.41, 5.74) is 8.03. The third kappa shape index (κ3) is 3.16. The van der Waals surface area contributed by atoms with Crippen LogP contribution in [0, 0.1) is 0 Å². The lowest BCUT2D eigenvalue weighted by Gasteiger charge is -2.11. The van der Waals surface area contributed by atoms with E-state index in [1.165, 1.54) is 0 Å². The molecule has 0 aromatic heterocycles. The molecule has 0 radical (unpaired) electrons. The fraction of sp³-hybridized carbons (Fsp3) is 0.188. The molecule has 4 heteroatoms. The highest BCUT2D eigenvalue weighted by Gasteiger charge is 2.11. The smallest absolute Gasteiger partial charge is 0.259 e. The molecule has 0 fully saturated rings. The summed E-state index contributed by atoms with van der Waals surface area (Å²) in [6.45, 7) is 1.90. The van der Waals surface area contributed by atoms with Gasteiger partial charge in [-0.25, -0.2) is 0 Å². The Bertz CT molecular complexity index is 609. The molecule has 1 atom stereocenters. The van der Waals surface area contributed by atoms with E-state index in [4.69, 9.17) is 10.5 Å². The maximum atomic E-state index is 12.3. The van der Waals surface area contributed by atoms with E-state index in [0.717, 1.165) is 11.3 Å². The molecule has 0 heterocycles. The molecular weight excluding hydrogens is 252 g/mol. The van der Waals surface area contributed by atoms with Crippen molar-refractivity contribution in [3.63, 3.8) is 0 Å². The minimum absolute atomic E-state index is 0.0712. The molecule has 1 amide bonds. The van der Waals surface area contributed by atoms with Gasteiger partial charge in [0.2, 0.25) is 0 Å². The zero-order valence-electron chi connectivity index (χ0n) is 11.6. The number of rotatable bonds is 4. The van der Waals surface area contributed by atoms with E-state index in [9.17, 15) is 4.79 Å². The molecule has 0 spiro atoms. The van der Waals surface area contributed by atoms with Gasteiger partial charge >= 0.3 is 0 Å². The summed E-state index contributed by atoms with van der Waals surface area (Å²) in [5, 5.41) is 2.85. The Labute approximate surface area is 118 Å². The van der Waals surface area contributed by atoms with Gasteiger partial charge in [-0.15, -0.1) is 0 Å². The number of ether oxygens (including phenoxy) is 1. The minimum Gasteiger partial charge on any atom is -0.496 e. The number of amides is 1. The van der Waals surface area contributed by atoms with Gasteiger partial charge in [0, 0.05) is 11.7 Å². The van der Waals surface area contributed by atoms with Gasteiger partial charge in [-0.3, -0.25) is 4.79 Å². The standard InChI is InChI=1S/C16H18N2O2/c1-11(17)12-6-5-7-13(10-12)18-16(19)14-8-3-4-9-15(14)20-2/h3-11H,17H2,1-2H3,(H,18,19). The predicted molar refractivity (Wildman–Crippen MR) is 80.0 cm³/mol. The topological polar surface area (TPSA) is 64.3 Å². The van der Waals surface area contributed by atoms with E-state index in [1.807, 2.05) is 37.3 Å². The van der Waals surface area contributed by atoms with Crippen molar-refractivity contribution in [1.82, 2.24) is 0 Å². The molecule has 104 valence electrons. The van der Waals surface area contributed by atoms with Gasteiger partial charge < -0.3 is 15.8 Å². The first-order valence-corrected chi connectivity index (χ1v) is 6.41. The number of nitrogens with one attached hydrogen (secondary N) is 1. The average Bonchev–Trinajstić information content (AvgIpc) is 2.47. The quantitative estimate of drug-likeness (QED) is 0.897. The summed E-state index contributed by atoms with van der Waals surface area (Å²) in [6.07, 6.45) is 0. The molecule has 0 aliphatic rings. The summed E-state index contributed by atoms with van der Waals surface area (Å²) >= 11 is 0. The van der Waals surface area contributed by atoms with Crippen LogP contribution >= 0.6 is 0 Å². The van der Waals surface area contributed by atoms with Gasteiger partial charge in [0.1, 0.15) is 5.75 Å². The van der Waals surface area contributed by atoms with E-state index in [0.29, 0.717) is 11.3 Å². The van der Waals surface area contributed by atoms with Crippen molar-refractivity contribution in [3.05, 3.63) is 59.7 Å². The molecule has 0 aliphatic carbocycles. The molecule has 2 aromatic carbocycles. The van der Waals surface area contributed by atoms with Crippen molar-refractivity contribution < 1.29 is 9.53 Å². The number of methoxy groups -OCH3 is 1. The molecule has 2 rings (SSSR count). The average molecular weight is 270 g/mol. The molecule has 1 unspecified atom stereocenters. The van der Waals surface area contributed by atoms with Crippen LogP contribution in [0.2, 0.25) is 0 Å². The van der Waals surface area contributed by atoms with E-state index in [2.05, 4.69) is 5.32 Å². The van der Waals surface area contributed by atoms with E-state index >= 15 is 0 Å². The molecule has 0 bridgehead atoms. The van der Waals surface area contributed by atoms with Crippen LogP contribution in [0.25, 0.3) is 0 Å². The number of carbonyl (C=O) groups is 1. The number of hydrogen-bond donors (Lipinski definition) is 2. The predicted octanol–water partition coefficient (Wildman–Crippen LogP) is 2.97. The van der Waals surface area contributed by atoms with Crippen molar-refractivity contribution in [1.29, 1.82) is 0 Å². The molecule has 0 aliphatic heterocycles. The minimum atomic E-state index is -0.204. The third-order valence-electron chi connectivity index (χ3n) is 3.02. The van der Waals surface area contributed by atoms with Gasteiger partial charge in [0.15, 0.2) is 0 Å². The second kappa shape index (κ2) is 6.21. The van der Waals surface area contributed by atoms with Crippen LogP contribution < -0.4 is 15.8 Å². The molecule has 4 nitrogen and oxygen atoms in total. The van der Waals surface area contributed by atoms with Gasteiger partial charge in [0.05, 0.1) is 12.7 Å². The number of anilines is 1. The van der Waals surface area contributed by atoms with Crippen molar-refractivity contribution in [3.8, 4) is 5.75 Å². The highest BCUT2D eigenvalue weighted by molar-refractivity contribution is 6.06. The highest BCUT2D eigenvalue weighted by Crippen LogP contribution is 2.20. The third-order valence-corrected chi connectivity index (χ3v) is 3.02. The van der Waals surface area contributed by atoms with E-state index in [-0.39, 0.29) is 11.9 Å². The Kier molecular flexibility index (Phi) is 4.38. The zero-order chi connectivity index (χ0) is 14.5. The monoisotopic (exact) mass is 270 g/mol. The number of nitrogens with two attached hydrogens (primary N) is 1. The summed E-state index contributed by atoms with van der Waals surface area (Å²) in [6, 6.07) is 14.5. The van der Waals surface area contributed by atoms with Crippen LogP contribution in [0.15, 0.2) is 48.5 Å². The Morgan fingerprint density at radius 2 is 1.95 bits per heavy atom. The number of carbonyl (C=O) groups excluding carboxylic acids is 1. The van der Waals surface area contributed by atoms with Gasteiger partial charge in [-0.05, 0) is 36.8 Å². The highest BCUT2D eigenvalue weighted by atomic mass is 16.5. The Morgan fingerprint density at radius 3 is 2.65 bits per heavy atom. The Morgan fingerprint density at radius 1 is 1.20 bits per heavy atom. The first kappa shape index (κ1) is 14.1. The van der Waals surface area contributed by atoms with Crippen LogP contribution in [0.4, 0.5) is 5.69 Å². The van der Waals surface area contributed by atoms with Crippen LogP contribution in [0.3, 0.4) is 0 Å². The van der Waals surface area contributed by atoms with Crippen LogP contribution in [-0.4, -0.2) is 13.0 Å². The lowest BCUT2D eigenvalue weighted by molar-refractivity contribution is 0.102. The normalized spacial score (nSPS) is 11.8. The number of benzene rings is 2. The Balaban J connectivity index is 2.21. The van der Waals surface area contributed by atoms with Crippen LogP contribution in [0.1, 0.15) is 28.9 Å². The second-order valence-corrected chi connectivity index (χ2v) is 4.57. The maximum Gasteiger partial charge on any atom is 0.259 e. The zero-order valence-corrected chi connectivity index (χ0v) is 11.6. The lowest BCUT2D eigenvalue weighted by atomic mass is 10.1. The molecule has 0 saturated heterocycles.